The van der Waals surface area contributed by atoms with Crippen molar-refractivity contribution in [2.45, 2.75) is 19.9 Å². The molecule has 84 valence electrons. The minimum absolute atomic E-state index is 0.573. The maximum Gasteiger partial charge on any atom is 0.130 e. The van der Waals surface area contributed by atoms with Crippen LogP contribution in [0.25, 0.3) is 0 Å². The third-order valence-corrected chi connectivity index (χ3v) is 2.72. The van der Waals surface area contributed by atoms with E-state index in [9.17, 15) is 0 Å². The number of anilines is 1. The molecular weight excluding hydrogens is 256 g/mol. The highest BCUT2D eigenvalue weighted by Gasteiger charge is 2.02. The van der Waals surface area contributed by atoms with Gasteiger partial charge in [-0.15, -0.1) is 0 Å². The van der Waals surface area contributed by atoms with Crippen LogP contribution in [0.3, 0.4) is 0 Å². The fourth-order valence-electron chi connectivity index (χ4n) is 1.05. The fourth-order valence-corrected chi connectivity index (χ4v) is 1.36. The Bertz CT molecular complexity index is 303. The zero-order chi connectivity index (χ0) is 11.3. The predicted octanol–water partition coefficient (Wildman–Crippen LogP) is 1.99. The van der Waals surface area contributed by atoms with Gasteiger partial charge in [0.25, 0.3) is 0 Å². The Morgan fingerprint density at radius 3 is 2.80 bits per heavy atom. The molecule has 0 unspecified atom stereocenters. The molecule has 5 heteroatoms. The average Bonchev–Trinajstić information content (AvgIpc) is 2.17. The van der Waals surface area contributed by atoms with Gasteiger partial charge in [0.1, 0.15) is 16.7 Å². The number of halogens is 1. The second-order valence-electron chi connectivity index (χ2n) is 3.73. The van der Waals surface area contributed by atoms with E-state index >= 15 is 0 Å². The first-order chi connectivity index (χ1) is 7.09. The fraction of sp³-hybridized carbons (Fsp3) is 0.600. The van der Waals surface area contributed by atoms with Crippen LogP contribution in [0.5, 0.6) is 0 Å². The Balaban J connectivity index is 2.32. The lowest BCUT2D eigenvalue weighted by Gasteiger charge is -2.20. The lowest BCUT2D eigenvalue weighted by Crippen LogP contribution is -2.31. The molecule has 0 spiro atoms. The van der Waals surface area contributed by atoms with E-state index in [0.29, 0.717) is 6.04 Å². The topological polar surface area (TPSA) is 41.0 Å². The summed E-state index contributed by atoms with van der Waals surface area (Å²) in [6.45, 7) is 6.25. The number of aromatic nitrogens is 2. The maximum atomic E-state index is 4.11. The SMILES string of the molecule is CC(C)N(C)CCNc1cc(Br)ncn1. The summed E-state index contributed by atoms with van der Waals surface area (Å²) in [5.41, 5.74) is 0. The summed E-state index contributed by atoms with van der Waals surface area (Å²) >= 11 is 3.30. The molecule has 0 aliphatic rings. The van der Waals surface area contributed by atoms with Crippen molar-refractivity contribution in [2.75, 3.05) is 25.5 Å². The predicted molar refractivity (Wildman–Crippen MR) is 66.0 cm³/mol. The Morgan fingerprint density at radius 2 is 2.20 bits per heavy atom. The Labute approximate surface area is 99.2 Å². The van der Waals surface area contributed by atoms with Gasteiger partial charge < -0.3 is 10.2 Å². The van der Waals surface area contributed by atoms with Crippen molar-refractivity contribution in [3.8, 4) is 0 Å². The molecule has 1 heterocycles. The van der Waals surface area contributed by atoms with Crippen LogP contribution in [0.15, 0.2) is 17.0 Å². The third kappa shape index (κ3) is 4.57. The van der Waals surface area contributed by atoms with Crippen LogP contribution >= 0.6 is 15.9 Å². The van der Waals surface area contributed by atoms with Gasteiger partial charge in [-0.3, -0.25) is 0 Å². The van der Waals surface area contributed by atoms with Crippen LogP contribution in [0.2, 0.25) is 0 Å². The minimum atomic E-state index is 0.573. The van der Waals surface area contributed by atoms with Gasteiger partial charge in [0.15, 0.2) is 0 Å². The number of likely N-dealkylation sites (N-methyl/N-ethyl adjacent to an activating group) is 1. The van der Waals surface area contributed by atoms with Crippen molar-refractivity contribution in [2.24, 2.45) is 0 Å². The quantitative estimate of drug-likeness (QED) is 0.833. The lowest BCUT2D eigenvalue weighted by molar-refractivity contribution is 0.284. The van der Waals surface area contributed by atoms with Gasteiger partial charge in [0, 0.05) is 25.2 Å². The second kappa shape index (κ2) is 6.02. The van der Waals surface area contributed by atoms with Crippen molar-refractivity contribution >= 4 is 21.7 Å². The molecule has 0 bridgehead atoms. The summed E-state index contributed by atoms with van der Waals surface area (Å²) in [7, 11) is 2.11. The molecule has 1 aromatic rings. The number of nitrogens with zero attached hydrogens (tertiary/aromatic N) is 3. The summed E-state index contributed by atoms with van der Waals surface area (Å²) in [4.78, 5) is 10.4. The normalized spacial score (nSPS) is 11.1. The summed E-state index contributed by atoms with van der Waals surface area (Å²) in [6.07, 6.45) is 1.54. The molecule has 0 aromatic carbocycles. The molecule has 0 saturated carbocycles. The third-order valence-electron chi connectivity index (χ3n) is 2.29. The Kier molecular flexibility index (Phi) is 4.98. The molecule has 0 amide bonds. The molecular formula is C10H17BrN4. The van der Waals surface area contributed by atoms with E-state index in [1.54, 1.807) is 6.33 Å². The van der Waals surface area contributed by atoms with Crippen molar-refractivity contribution in [3.05, 3.63) is 17.0 Å². The van der Waals surface area contributed by atoms with Crippen molar-refractivity contribution < 1.29 is 0 Å². The maximum absolute atomic E-state index is 4.11. The smallest absolute Gasteiger partial charge is 0.130 e. The standard InChI is InChI=1S/C10H17BrN4/c1-8(2)15(3)5-4-12-10-6-9(11)13-7-14-10/h6-8H,4-5H2,1-3H3,(H,12,13,14). The van der Waals surface area contributed by atoms with E-state index in [1.807, 2.05) is 6.07 Å². The van der Waals surface area contributed by atoms with E-state index in [4.69, 9.17) is 0 Å². The van der Waals surface area contributed by atoms with Gasteiger partial charge in [-0.1, -0.05) is 0 Å². The van der Waals surface area contributed by atoms with Crippen LogP contribution in [0.1, 0.15) is 13.8 Å². The van der Waals surface area contributed by atoms with Crippen LogP contribution in [0, 0.1) is 0 Å². The molecule has 15 heavy (non-hydrogen) atoms. The van der Waals surface area contributed by atoms with Crippen LogP contribution in [0.4, 0.5) is 5.82 Å². The van der Waals surface area contributed by atoms with Crippen molar-refractivity contribution in [1.82, 2.24) is 14.9 Å². The van der Waals surface area contributed by atoms with Gasteiger partial charge in [-0.05, 0) is 36.8 Å². The molecule has 0 aliphatic carbocycles. The molecule has 1 N–H and O–H groups in total. The summed E-state index contributed by atoms with van der Waals surface area (Å²) < 4.78 is 0.803. The van der Waals surface area contributed by atoms with Crippen molar-refractivity contribution in [3.63, 3.8) is 0 Å². The molecule has 1 aromatic heterocycles. The lowest BCUT2D eigenvalue weighted by atomic mass is 10.3. The Morgan fingerprint density at radius 1 is 1.47 bits per heavy atom. The zero-order valence-electron chi connectivity index (χ0n) is 9.37. The van der Waals surface area contributed by atoms with E-state index in [1.165, 1.54) is 0 Å². The zero-order valence-corrected chi connectivity index (χ0v) is 11.0. The summed E-state index contributed by atoms with van der Waals surface area (Å²) in [6, 6.07) is 2.44. The Hall–Kier alpha value is -0.680. The van der Waals surface area contributed by atoms with Gasteiger partial charge in [-0.2, -0.15) is 0 Å². The first-order valence-electron chi connectivity index (χ1n) is 5.01. The van der Waals surface area contributed by atoms with E-state index in [-0.39, 0.29) is 0 Å². The van der Waals surface area contributed by atoms with E-state index in [2.05, 4.69) is 57.0 Å². The van der Waals surface area contributed by atoms with Crippen LogP contribution in [-0.4, -0.2) is 41.0 Å². The number of hydrogen-bond donors (Lipinski definition) is 1. The monoisotopic (exact) mass is 272 g/mol. The summed E-state index contributed by atoms with van der Waals surface area (Å²) in [5.74, 6) is 0.856. The minimum Gasteiger partial charge on any atom is -0.369 e. The van der Waals surface area contributed by atoms with Crippen LogP contribution < -0.4 is 5.32 Å². The number of nitrogens with one attached hydrogen (secondary N) is 1. The highest BCUT2D eigenvalue weighted by molar-refractivity contribution is 9.10. The molecule has 0 aliphatic heterocycles. The van der Waals surface area contributed by atoms with Gasteiger partial charge in [-0.25, -0.2) is 9.97 Å². The highest BCUT2D eigenvalue weighted by Crippen LogP contribution is 2.08. The first-order valence-corrected chi connectivity index (χ1v) is 5.80. The molecule has 1 rings (SSSR count). The van der Waals surface area contributed by atoms with Gasteiger partial charge in [0.05, 0.1) is 0 Å². The highest BCUT2D eigenvalue weighted by atomic mass is 79.9. The molecule has 0 atom stereocenters. The second-order valence-corrected chi connectivity index (χ2v) is 4.54. The van der Waals surface area contributed by atoms with Gasteiger partial charge >= 0.3 is 0 Å². The van der Waals surface area contributed by atoms with E-state index in [0.717, 1.165) is 23.5 Å². The number of hydrogen-bond acceptors (Lipinski definition) is 4. The molecule has 0 fully saturated rings. The molecule has 4 nitrogen and oxygen atoms in total. The number of rotatable bonds is 5. The van der Waals surface area contributed by atoms with E-state index < -0.39 is 0 Å². The first kappa shape index (κ1) is 12.4. The molecule has 0 saturated heterocycles. The van der Waals surface area contributed by atoms with Crippen LogP contribution in [-0.2, 0) is 0 Å². The largest absolute Gasteiger partial charge is 0.369 e. The van der Waals surface area contributed by atoms with Crippen molar-refractivity contribution in [1.29, 1.82) is 0 Å². The average molecular weight is 273 g/mol. The van der Waals surface area contributed by atoms with Gasteiger partial charge in [0.2, 0.25) is 0 Å². The molecule has 0 radical (unpaired) electrons. The summed E-state index contributed by atoms with van der Waals surface area (Å²) in [5, 5.41) is 3.25.